The topological polar surface area (TPSA) is 57.6 Å². The van der Waals surface area contributed by atoms with Gasteiger partial charge in [-0.3, -0.25) is 4.79 Å². The fourth-order valence-electron chi connectivity index (χ4n) is 1.52. The Bertz CT molecular complexity index is 417. The highest BCUT2D eigenvalue weighted by Gasteiger charge is 2.33. The summed E-state index contributed by atoms with van der Waals surface area (Å²) in [7, 11) is 0. The summed E-state index contributed by atoms with van der Waals surface area (Å²) in [5, 5.41) is 11.1. The highest BCUT2D eigenvalue weighted by molar-refractivity contribution is 9.10. The third-order valence-electron chi connectivity index (χ3n) is 2.26. The van der Waals surface area contributed by atoms with Crippen LogP contribution in [0.15, 0.2) is 11.4 Å². The molecule has 1 amide bonds. The van der Waals surface area contributed by atoms with Gasteiger partial charge in [0, 0.05) is 6.54 Å². The van der Waals surface area contributed by atoms with Gasteiger partial charge < -0.3 is 10.0 Å². The van der Waals surface area contributed by atoms with Crippen molar-refractivity contribution in [2.75, 3.05) is 11.4 Å². The molecule has 1 aliphatic rings. The van der Waals surface area contributed by atoms with Crippen LogP contribution in [0.5, 0.6) is 0 Å². The number of halogens is 1. The molecule has 1 unspecified atom stereocenters. The number of carbonyl (C=O) groups is 2. The molecule has 0 saturated carbocycles. The number of carboxylic acids is 1. The first-order valence-corrected chi connectivity index (χ1v) is 6.17. The minimum absolute atomic E-state index is 0.0556. The second kappa shape index (κ2) is 3.94. The summed E-state index contributed by atoms with van der Waals surface area (Å²) >= 11 is 4.54. The Morgan fingerprint density at radius 2 is 2.40 bits per heavy atom. The number of hydrogen-bond donors (Lipinski definition) is 1. The van der Waals surface area contributed by atoms with E-state index >= 15 is 0 Å². The van der Waals surface area contributed by atoms with Crippen LogP contribution in [0.25, 0.3) is 0 Å². The van der Waals surface area contributed by atoms with Crippen LogP contribution in [0.2, 0.25) is 0 Å². The van der Waals surface area contributed by atoms with Crippen LogP contribution in [0, 0.1) is 0 Å². The Labute approximate surface area is 98.6 Å². The quantitative estimate of drug-likeness (QED) is 0.847. The summed E-state index contributed by atoms with van der Waals surface area (Å²) in [6.45, 7) is 0.579. The van der Waals surface area contributed by atoms with Gasteiger partial charge in [-0.05, 0) is 17.9 Å². The molecule has 0 radical (unpaired) electrons. The zero-order chi connectivity index (χ0) is 11.0. The highest BCUT2D eigenvalue weighted by Crippen LogP contribution is 2.32. The zero-order valence-corrected chi connectivity index (χ0v) is 10.0. The molecular weight excluding hydrogens is 282 g/mol. The molecule has 1 atom stereocenters. The van der Waals surface area contributed by atoms with Crippen molar-refractivity contribution in [2.24, 2.45) is 0 Å². The van der Waals surface area contributed by atoms with Gasteiger partial charge in [-0.1, -0.05) is 15.9 Å². The fourth-order valence-corrected chi connectivity index (χ4v) is 2.90. The molecule has 1 saturated heterocycles. The van der Waals surface area contributed by atoms with Gasteiger partial charge in [-0.15, -0.1) is 11.3 Å². The van der Waals surface area contributed by atoms with E-state index in [4.69, 9.17) is 5.11 Å². The molecule has 2 heterocycles. The van der Waals surface area contributed by atoms with Crippen molar-refractivity contribution in [3.8, 4) is 0 Å². The van der Waals surface area contributed by atoms with Crippen molar-refractivity contribution in [2.45, 2.75) is 11.2 Å². The predicted octanol–water partition coefficient (Wildman–Crippen LogP) is 1.95. The molecule has 6 heteroatoms. The van der Waals surface area contributed by atoms with Crippen LogP contribution in [-0.2, 0) is 4.79 Å². The van der Waals surface area contributed by atoms with E-state index in [1.807, 2.05) is 0 Å². The van der Waals surface area contributed by atoms with Crippen molar-refractivity contribution in [1.82, 2.24) is 0 Å². The molecule has 2 rings (SSSR count). The third-order valence-corrected chi connectivity index (χ3v) is 4.05. The van der Waals surface area contributed by atoms with Crippen LogP contribution in [0.4, 0.5) is 5.00 Å². The lowest BCUT2D eigenvalue weighted by Crippen LogP contribution is -2.27. The highest BCUT2D eigenvalue weighted by atomic mass is 79.9. The number of thiophene rings is 1. The number of amides is 1. The number of rotatable bonds is 2. The predicted molar refractivity (Wildman–Crippen MR) is 61.0 cm³/mol. The largest absolute Gasteiger partial charge is 0.478 e. The number of carboxylic acid groups (broad SMARTS) is 1. The first-order chi connectivity index (χ1) is 7.11. The van der Waals surface area contributed by atoms with Gasteiger partial charge in [0.1, 0.15) is 5.00 Å². The first kappa shape index (κ1) is 10.6. The van der Waals surface area contributed by atoms with Gasteiger partial charge in [0.15, 0.2) is 0 Å². The average Bonchev–Trinajstić information content (AvgIpc) is 2.75. The minimum atomic E-state index is -0.989. The summed E-state index contributed by atoms with van der Waals surface area (Å²) in [5.41, 5.74) is 0.204. The second-order valence-electron chi connectivity index (χ2n) is 3.19. The number of aromatic carboxylic acids is 1. The Kier molecular flexibility index (Phi) is 2.79. The van der Waals surface area contributed by atoms with Crippen molar-refractivity contribution in [3.05, 3.63) is 17.0 Å². The van der Waals surface area contributed by atoms with Crippen LogP contribution in [0.3, 0.4) is 0 Å². The van der Waals surface area contributed by atoms with Gasteiger partial charge in [0.05, 0.1) is 10.4 Å². The second-order valence-corrected chi connectivity index (χ2v) is 5.19. The van der Waals surface area contributed by atoms with Crippen molar-refractivity contribution >= 4 is 44.1 Å². The monoisotopic (exact) mass is 289 g/mol. The van der Waals surface area contributed by atoms with Crippen molar-refractivity contribution in [3.63, 3.8) is 0 Å². The van der Waals surface area contributed by atoms with Gasteiger partial charge in [-0.25, -0.2) is 4.79 Å². The van der Waals surface area contributed by atoms with Gasteiger partial charge in [-0.2, -0.15) is 0 Å². The lowest BCUT2D eigenvalue weighted by Gasteiger charge is -2.14. The summed E-state index contributed by atoms with van der Waals surface area (Å²) in [5.74, 6) is -1.04. The Hall–Kier alpha value is -0.880. The van der Waals surface area contributed by atoms with E-state index in [9.17, 15) is 9.59 Å². The number of carbonyl (C=O) groups excluding carboxylic acids is 1. The van der Waals surface area contributed by atoms with E-state index < -0.39 is 5.97 Å². The van der Waals surface area contributed by atoms with E-state index in [1.54, 1.807) is 5.38 Å². The molecule has 0 aromatic carbocycles. The summed E-state index contributed by atoms with van der Waals surface area (Å²) in [4.78, 5) is 23.9. The molecule has 80 valence electrons. The maximum absolute atomic E-state index is 11.7. The molecule has 1 aliphatic heterocycles. The molecule has 1 N–H and O–H groups in total. The molecule has 1 fully saturated rings. The van der Waals surface area contributed by atoms with E-state index in [-0.39, 0.29) is 16.3 Å². The molecule has 0 bridgehead atoms. The van der Waals surface area contributed by atoms with Gasteiger partial charge in [0.2, 0.25) is 5.91 Å². The molecule has 15 heavy (non-hydrogen) atoms. The zero-order valence-electron chi connectivity index (χ0n) is 7.64. The third kappa shape index (κ3) is 1.79. The van der Waals surface area contributed by atoms with E-state index in [0.717, 1.165) is 6.42 Å². The smallest absolute Gasteiger partial charge is 0.338 e. The van der Waals surface area contributed by atoms with Crippen molar-refractivity contribution in [1.29, 1.82) is 0 Å². The SMILES string of the molecule is O=C(O)c1ccsc1N1CCC(Br)C1=O. The number of anilines is 1. The maximum Gasteiger partial charge on any atom is 0.338 e. The average molecular weight is 290 g/mol. The van der Waals surface area contributed by atoms with Crippen LogP contribution >= 0.6 is 27.3 Å². The van der Waals surface area contributed by atoms with E-state index in [2.05, 4.69) is 15.9 Å². The number of alkyl halides is 1. The number of hydrogen-bond acceptors (Lipinski definition) is 3. The van der Waals surface area contributed by atoms with E-state index in [0.29, 0.717) is 11.5 Å². The molecular formula is C9H8BrNO3S. The normalized spacial score (nSPS) is 21.0. The fraction of sp³-hybridized carbons (Fsp3) is 0.333. The standard InChI is InChI=1S/C9H8BrNO3S/c10-6-1-3-11(7(6)12)8-5(9(13)14)2-4-15-8/h2,4,6H,1,3H2,(H,13,14). The maximum atomic E-state index is 11.7. The lowest BCUT2D eigenvalue weighted by atomic mass is 10.3. The molecule has 1 aromatic heterocycles. The molecule has 0 spiro atoms. The molecule has 1 aromatic rings. The van der Waals surface area contributed by atoms with Crippen LogP contribution in [-0.4, -0.2) is 28.4 Å². The molecule has 0 aliphatic carbocycles. The summed E-state index contributed by atoms with van der Waals surface area (Å²) in [6.07, 6.45) is 0.718. The summed E-state index contributed by atoms with van der Waals surface area (Å²) < 4.78 is 0. The molecule has 4 nitrogen and oxygen atoms in total. The van der Waals surface area contributed by atoms with Crippen molar-refractivity contribution < 1.29 is 14.7 Å². The first-order valence-electron chi connectivity index (χ1n) is 4.37. The number of nitrogens with zero attached hydrogens (tertiary/aromatic N) is 1. The Morgan fingerprint density at radius 1 is 1.67 bits per heavy atom. The van der Waals surface area contributed by atoms with Gasteiger partial charge >= 0.3 is 5.97 Å². The van der Waals surface area contributed by atoms with Crippen LogP contribution in [0.1, 0.15) is 16.8 Å². The Balaban J connectivity index is 2.34. The summed E-state index contributed by atoms with van der Waals surface area (Å²) in [6, 6.07) is 1.52. The van der Waals surface area contributed by atoms with E-state index in [1.165, 1.54) is 22.3 Å². The minimum Gasteiger partial charge on any atom is -0.478 e. The lowest BCUT2D eigenvalue weighted by molar-refractivity contribution is -0.116. The van der Waals surface area contributed by atoms with Gasteiger partial charge in [0.25, 0.3) is 0 Å². The van der Waals surface area contributed by atoms with Crippen LogP contribution < -0.4 is 4.90 Å². The Morgan fingerprint density at radius 3 is 2.93 bits per heavy atom.